The number of benzene rings is 4. The van der Waals surface area contributed by atoms with Gasteiger partial charge in [-0.3, -0.25) is 19.4 Å². The normalized spacial score (nSPS) is 21.9. The Balaban J connectivity index is 1.09. The van der Waals surface area contributed by atoms with E-state index < -0.39 is 31.6 Å². The summed E-state index contributed by atoms with van der Waals surface area (Å²) in [6.07, 6.45) is 1.63. The largest absolute Gasteiger partial charge is 0.395 e. The number of amides is 1. The predicted octanol–water partition coefficient (Wildman–Crippen LogP) is 7.10. The van der Waals surface area contributed by atoms with Crippen molar-refractivity contribution in [2.75, 3.05) is 11.5 Å². The first-order chi connectivity index (χ1) is 25.5. The van der Waals surface area contributed by atoms with E-state index in [1.807, 2.05) is 92.0 Å². The number of hydrogen-bond donors (Lipinski definition) is 2. The van der Waals surface area contributed by atoms with Crippen molar-refractivity contribution in [2.24, 2.45) is 5.92 Å². The molecule has 5 atom stereocenters. The quantitative estimate of drug-likeness (QED) is 0.114. The van der Waals surface area contributed by atoms with Crippen LogP contribution in [0.3, 0.4) is 0 Å². The number of nitrogens with one attached hydrogen (secondary N) is 1. The van der Waals surface area contributed by atoms with E-state index in [0.29, 0.717) is 46.0 Å². The second kappa shape index (κ2) is 13.5. The molecule has 6 aromatic rings. The number of hydrogen-bond acceptors (Lipinski definition) is 6. The Morgan fingerprint density at radius 3 is 2.55 bits per heavy atom. The number of aliphatic hydroxyl groups is 1. The number of fused-ring (bicyclic) bond motifs is 3. The molecule has 1 saturated heterocycles. The summed E-state index contributed by atoms with van der Waals surface area (Å²) in [7, 11) is -3.41. The first-order valence-electron chi connectivity index (χ1n) is 17.8. The molecule has 1 unspecified atom stereocenters. The number of para-hydroxylation sites is 1. The van der Waals surface area contributed by atoms with Gasteiger partial charge in [-0.1, -0.05) is 78.3 Å². The highest BCUT2D eigenvalue weighted by molar-refractivity contribution is 6.72. The minimum absolute atomic E-state index is 0.120. The monoisotopic (exact) mass is 750 g/mol. The van der Waals surface area contributed by atoms with E-state index in [4.69, 9.17) is 16.3 Å². The van der Waals surface area contributed by atoms with Crippen molar-refractivity contribution in [3.8, 4) is 5.69 Å². The third-order valence-electron chi connectivity index (χ3n) is 11.0. The zero-order valence-electron chi connectivity index (χ0n) is 29.6. The number of aromatic nitrogens is 5. The Morgan fingerprint density at radius 2 is 1.79 bits per heavy atom. The lowest BCUT2D eigenvalue weighted by molar-refractivity contribution is -0.146. The number of carbonyl (C=O) groups is 1. The number of anilines is 1. The lowest BCUT2D eigenvalue weighted by Gasteiger charge is -2.31. The van der Waals surface area contributed by atoms with Crippen LogP contribution in [0.25, 0.3) is 16.6 Å². The molecule has 4 heterocycles. The molecular formula is C40H40ClFN6O4Si. The van der Waals surface area contributed by atoms with Crippen molar-refractivity contribution in [3.63, 3.8) is 0 Å². The van der Waals surface area contributed by atoms with Crippen LogP contribution in [0.4, 0.5) is 9.80 Å². The highest BCUT2D eigenvalue weighted by Crippen LogP contribution is 2.60. The number of rotatable bonds is 10. The van der Waals surface area contributed by atoms with Gasteiger partial charge in [0, 0.05) is 34.8 Å². The van der Waals surface area contributed by atoms with E-state index in [2.05, 4.69) is 15.4 Å². The highest BCUT2D eigenvalue weighted by Gasteiger charge is 2.66. The Kier molecular flexibility index (Phi) is 8.96. The molecule has 0 radical (unpaired) electrons. The molecule has 272 valence electrons. The average Bonchev–Trinajstić information content (AvgIpc) is 3.88. The van der Waals surface area contributed by atoms with Crippen LogP contribution in [0.1, 0.15) is 41.6 Å². The Hall–Kier alpha value is -4.88. The number of nitrogens with zero attached hydrogens (tertiary/aromatic N) is 5. The van der Waals surface area contributed by atoms with Crippen molar-refractivity contribution in [2.45, 2.75) is 62.7 Å². The third-order valence-corrected chi connectivity index (χ3v) is 13.7. The van der Waals surface area contributed by atoms with Gasteiger partial charge in [0.15, 0.2) is 5.60 Å². The molecule has 2 N–H and O–H groups in total. The number of aromatic amines is 1. The van der Waals surface area contributed by atoms with Crippen LogP contribution in [-0.2, 0) is 28.2 Å². The van der Waals surface area contributed by atoms with Crippen LogP contribution in [0.15, 0.2) is 108 Å². The summed E-state index contributed by atoms with van der Waals surface area (Å²) in [5.74, 6) is -1.08. The van der Waals surface area contributed by atoms with Gasteiger partial charge in [-0.15, -0.1) is 5.10 Å². The van der Waals surface area contributed by atoms with E-state index in [9.17, 15) is 14.7 Å². The number of carbonyl (C=O) groups excluding carboxylic acids is 1. The summed E-state index contributed by atoms with van der Waals surface area (Å²) in [6, 6.07) is 29.8. The summed E-state index contributed by atoms with van der Waals surface area (Å²) in [5, 5.41) is 23.1. The van der Waals surface area contributed by atoms with Crippen LogP contribution in [0.5, 0.6) is 0 Å². The van der Waals surface area contributed by atoms with Gasteiger partial charge in [-0.05, 0) is 73.1 Å². The molecule has 2 aliphatic rings. The molecule has 0 saturated carbocycles. The van der Waals surface area contributed by atoms with E-state index in [1.54, 1.807) is 40.9 Å². The van der Waals surface area contributed by atoms with Crippen LogP contribution in [-0.4, -0.2) is 56.9 Å². The first-order valence-corrected chi connectivity index (χ1v) is 21.2. The van der Waals surface area contributed by atoms with Gasteiger partial charge < -0.3 is 18.9 Å². The van der Waals surface area contributed by atoms with Gasteiger partial charge >= 0.3 is 0 Å². The minimum atomic E-state index is -3.41. The van der Waals surface area contributed by atoms with Crippen LogP contribution >= 0.6 is 11.6 Å². The molecule has 0 aliphatic carbocycles. The summed E-state index contributed by atoms with van der Waals surface area (Å²) < 4.78 is 26.6. The molecule has 4 aromatic carbocycles. The van der Waals surface area contributed by atoms with Gasteiger partial charge in [0.25, 0.3) is 11.5 Å². The van der Waals surface area contributed by atoms with Gasteiger partial charge in [0.1, 0.15) is 0 Å². The molecule has 0 bridgehead atoms. The lowest BCUT2D eigenvalue weighted by Crippen LogP contribution is -2.45. The average molecular weight is 751 g/mol. The van der Waals surface area contributed by atoms with E-state index >= 15 is 4.11 Å². The number of halogens is 2. The Morgan fingerprint density at radius 1 is 1.02 bits per heavy atom. The summed E-state index contributed by atoms with van der Waals surface area (Å²) in [5.41, 5.74) is 2.92. The van der Waals surface area contributed by atoms with Crippen LogP contribution in [0.2, 0.25) is 23.7 Å². The van der Waals surface area contributed by atoms with Gasteiger partial charge in [-0.2, -0.15) is 0 Å². The fraction of sp³-hybridized carbons (Fsp3) is 0.300. The maximum Gasteiger partial charge on any atom is 0.279 e. The highest BCUT2D eigenvalue weighted by atomic mass is 35.5. The number of aryl methyl sites for hydroxylation is 1. The molecule has 1 fully saturated rings. The van der Waals surface area contributed by atoms with Crippen LogP contribution < -0.4 is 10.5 Å². The fourth-order valence-corrected chi connectivity index (χ4v) is 11.3. The third kappa shape index (κ3) is 6.03. The topological polar surface area (TPSA) is 118 Å². The van der Waals surface area contributed by atoms with E-state index in [0.717, 1.165) is 16.6 Å². The van der Waals surface area contributed by atoms with E-state index in [1.165, 1.54) is 4.68 Å². The Bertz CT molecular complexity index is 2370. The minimum Gasteiger partial charge on any atom is -0.395 e. The van der Waals surface area contributed by atoms with Crippen molar-refractivity contribution in [1.29, 1.82) is 0 Å². The molecule has 13 heteroatoms. The zero-order chi connectivity index (χ0) is 37.1. The maximum absolute atomic E-state index is 16.5. The summed E-state index contributed by atoms with van der Waals surface area (Å²) in [6.45, 7) is 5.74. The summed E-state index contributed by atoms with van der Waals surface area (Å²) >= 11 is 6.59. The SMILES string of the molecule is C[C@@H]1[C@@H]([Si](C)(C)F)[C@H](CCn2cc(C(CO)c3ccccc3)nn2)O[C@@]12C(=O)N(Cc1cccc(-n3[nH]c4ccccc4c3=O)c1)c1ccc(Cl)cc12. The smallest absolute Gasteiger partial charge is 0.279 e. The second-order valence-corrected chi connectivity index (χ2v) is 18.9. The molecule has 1 spiro atoms. The molecule has 2 aliphatic heterocycles. The maximum atomic E-state index is 16.5. The van der Waals surface area contributed by atoms with Crippen molar-refractivity contribution >= 4 is 42.5 Å². The van der Waals surface area contributed by atoms with Crippen molar-refractivity contribution in [1.82, 2.24) is 24.8 Å². The van der Waals surface area contributed by atoms with Gasteiger partial charge in [0.2, 0.25) is 8.41 Å². The van der Waals surface area contributed by atoms with Crippen LogP contribution in [0, 0.1) is 5.92 Å². The molecule has 8 rings (SSSR count). The fourth-order valence-electron chi connectivity index (χ4n) is 8.56. The number of aliphatic hydroxyl groups excluding tert-OH is 1. The van der Waals surface area contributed by atoms with Gasteiger partial charge in [-0.25, -0.2) is 4.68 Å². The number of H-pyrrole nitrogens is 1. The predicted molar refractivity (Wildman–Crippen MR) is 205 cm³/mol. The Labute approximate surface area is 311 Å². The lowest BCUT2D eigenvalue weighted by atomic mass is 9.82. The first kappa shape index (κ1) is 35.2. The van der Waals surface area contributed by atoms with E-state index in [-0.39, 0.29) is 30.5 Å². The van der Waals surface area contributed by atoms with Crippen molar-refractivity contribution < 1.29 is 18.7 Å². The molecular weight excluding hydrogens is 711 g/mol. The molecule has 2 aromatic heterocycles. The number of ether oxygens (including phenoxy) is 1. The molecule has 53 heavy (non-hydrogen) atoms. The van der Waals surface area contributed by atoms with Gasteiger partial charge in [0.05, 0.1) is 53.1 Å². The van der Waals surface area contributed by atoms with Crippen molar-refractivity contribution in [3.05, 3.63) is 141 Å². The standard InChI is InChI=1S/C40H40ClFN6O4Si/c1-25-37(53(2,3)42)36(18-19-46-23-34(43-45-46)31(24-49)27-11-5-4-6-12-27)52-40(25)32-21-28(41)16-17-35(32)47(39(40)51)22-26-10-9-13-29(20-26)48-38(50)30-14-7-8-15-33(30)44-48/h4-17,20-21,23,25,31,36-37,44,49H,18-19,22,24H2,1-3H3/t25-,31?,36+,37-,40+/m1/s1. The zero-order valence-corrected chi connectivity index (χ0v) is 31.4. The molecule has 10 nitrogen and oxygen atoms in total. The summed E-state index contributed by atoms with van der Waals surface area (Å²) in [4.78, 5) is 29.8. The molecule has 1 amide bonds. The second-order valence-electron chi connectivity index (χ2n) is 14.6.